The van der Waals surface area contributed by atoms with Gasteiger partial charge in [0.1, 0.15) is 5.76 Å². The molecule has 2 aromatic rings. The van der Waals surface area contributed by atoms with Crippen LogP contribution in [0.2, 0.25) is 0 Å². The molecule has 7 heteroatoms. The number of amides is 1. The molecule has 0 spiro atoms. The Morgan fingerprint density at radius 1 is 1.38 bits per heavy atom. The Labute approximate surface area is 141 Å². The maximum atomic E-state index is 12.1. The topological polar surface area (TPSA) is 80.5 Å². The fourth-order valence-electron chi connectivity index (χ4n) is 2.60. The van der Waals surface area contributed by atoms with Crippen LogP contribution in [0.25, 0.3) is 11.5 Å². The average Bonchev–Trinajstić information content (AvgIpc) is 2.97. The largest absolute Gasteiger partial charge is 0.441 e. The van der Waals surface area contributed by atoms with Crippen molar-refractivity contribution >= 4 is 5.91 Å². The van der Waals surface area contributed by atoms with Crippen LogP contribution in [0.3, 0.4) is 0 Å². The van der Waals surface area contributed by atoms with Crippen LogP contribution in [0.15, 0.2) is 28.9 Å². The van der Waals surface area contributed by atoms with Gasteiger partial charge in [0.2, 0.25) is 11.8 Å². The zero-order chi connectivity index (χ0) is 16.8. The zero-order valence-electron chi connectivity index (χ0n) is 13.8. The van der Waals surface area contributed by atoms with Gasteiger partial charge in [0, 0.05) is 38.6 Å². The van der Waals surface area contributed by atoms with Crippen molar-refractivity contribution in [2.24, 2.45) is 0 Å². The van der Waals surface area contributed by atoms with E-state index >= 15 is 0 Å². The smallest absolute Gasteiger partial charge is 0.228 e. The fourth-order valence-corrected chi connectivity index (χ4v) is 2.60. The molecule has 3 rings (SSSR count). The van der Waals surface area contributed by atoms with E-state index in [2.05, 4.69) is 20.2 Å². The highest BCUT2D eigenvalue weighted by molar-refractivity contribution is 5.78. The normalized spacial score (nSPS) is 15.4. The number of nitrogens with one attached hydrogen (secondary N) is 1. The van der Waals surface area contributed by atoms with Crippen molar-refractivity contribution in [1.82, 2.24) is 20.2 Å². The minimum atomic E-state index is -0.0441. The van der Waals surface area contributed by atoms with Gasteiger partial charge < -0.3 is 14.5 Å². The number of rotatable bonds is 6. The summed E-state index contributed by atoms with van der Waals surface area (Å²) < 4.78 is 11.0. The van der Waals surface area contributed by atoms with Crippen LogP contribution in [0.4, 0.5) is 0 Å². The van der Waals surface area contributed by atoms with Gasteiger partial charge in [0.05, 0.1) is 30.9 Å². The van der Waals surface area contributed by atoms with E-state index in [-0.39, 0.29) is 12.3 Å². The molecule has 1 aliphatic rings. The highest BCUT2D eigenvalue weighted by Gasteiger charge is 2.15. The van der Waals surface area contributed by atoms with Crippen molar-refractivity contribution in [3.05, 3.63) is 36.0 Å². The summed E-state index contributed by atoms with van der Waals surface area (Å²) in [7, 11) is 0. The lowest BCUT2D eigenvalue weighted by Crippen LogP contribution is -2.41. The van der Waals surface area contributed by atoms with Crippen molar-refractivity contribution in [3.63, 3.8) is 0 Å². The van der Waals surface area contributed by atoms with Crippen molar-refractivity contribution in [3.8, 4) is 11.5 Å². The number of morpholine rings is 1. The van der Waals surface area contributed by atoms with Crippen LogP contribution in [0, 0.1) is 6.92 Å². The van der Waals surface area contributed by atoms with Crippen LogP contribution in [-0.4, -0.2) is 60.2 Å². The summed E-state index contributed by atoms with van der Waals surface area (Å²) >= 11 is 0. The van der Waals surface area contributed by atoms with E-state index in [1.54, 1.807) is 12.4 Å². The number of carbonyl (C=O) groups is 1. The van der Waals surface area contributed by atoms with E-state index in [0.29, 0.717) is 23.9 Å². The molecule has 0 unspecified atom stereocenters. The lowest BCUT2D eigenvalue weighted by molar-refractivity contribution is -0.120. The molecule has 0 aliphatic carbocycles. The van der Waals surface area contributed by atoms with Crippen molar-refractivity contribution in [1.29, 1.82) is 0 Å². The van der Waals surface area contributed by atoms with Gasteiger partial charge in [0.25, 0.3) is 0 Å². The molecule has 0 saturated carbocycles. The number of nitrogens with zero attached hydrogens (tertiary/aromatic N) is 3. The van der Waals surface area contributed by atoms with E-state index in [1.807, 2.05) is 19.1 Å². The van der Waals surface area contributed by atoms with Crippen molar-refractivity contribution in [2.75, 3.05) is 39.4 Å². The molecule has 1 amide bonds. The Bertz CT molecular complexity index is 666. The quantitative estimate of drug-likeness (QED) is 0.852. The van der Waals surface area contributed by atoms with E-state index in [0.717, 1.165) is 38.4 Å². The van der Waals surface area contributed by atoms with Crippen molar-refractivity contribution < 1.29 is 13.9 Å². The number of hydrogen-bond acceptors (Lipinski definition) is 6. The van der Waals surface area contributed by atoms with Crippen LogP contribution in [0.5, 0.6) is 0 Å². The third-order valence-electron chi connectivity index (χ3n) is 3.98. The predicted octanol–water partition coefficient (Wildman–Crippen LogP) is 1.04. The van der Waals surface area contributed by atoms with Gasteiger partial charge >= 0.3 is 0 Å². The molecule has 1 fully saturated rings. The molecule has 7 nitrogen and oxygen atoms in total. The summed E-state index contributed by atoms with van der Waals surface area (Å²) in [5.74, 6) is 1.12. The molecule has 1 saturated heterocycles. The molecule has 1 aliphatic heterocycles. The molecular weight excluding hydrogens is 308 g/mol. The average molecular weight is 330 g/mol. The van der Waals surface area contributed by atoms with Crippen LogP contribution >= 0.6 is 0 Å². The Balaban J connectivity index is 1.50. The molecule has 24 heavy (non-hydrogen) atoms. The van der Waals surface area contributed by atoms with Gasteiger partial charge in [-0.15, -0.1) is 0 Å². The second-order valence-corrected chi connectivity index (χ2v) is 5.74. The predicted molar refractivity (Wildman–Crippen MR) is 88.4 cm³/mol. The van der Waals surface area contributed by atoms with Gasteiger partial charge in [-0.1, -0.05) is 0 Å². The highest BCUT2D eigenvalue weighted by atomic mass is 16.5. The molecule has 128 valence electrons. The van der Waals surface area contributed by atoms with E-state index in [9.17, 15) is 4.79 Å². The van der Waals surface area contributed by atoms with Crippen LogP contribution in [0.1, 0.15) is 11.5 Å². The summed E-state index contributed by atoms with van der Waals surface area (Å²) in [6.07, 6.45) is 3.61. The highest BCUT2D eigenvalue weighted by Crippen LogP contribution is 2.20. The standard InChI is InChI=1S/C17H22N4O3/c1-13-15(20-17(24-13)14-3-2-4-18-12-14)11-16(22)19-5-6-21-7-9-23-10-8-21/h2-4,12H,5-11H2,1H3,(H,19,22). The minimum absolute atomic E-state index is 0.0441. The summed E-state index contributed by atoms with van der Waals surface area (Å²) in [6.45, 7) is 6.67. The summed E-state index contributed by atoms with van der Waals surface area (Å²) in [6, 6.07) is 3.71. The lowest BCUT2D eigenvalue weighted by Gasteiger charge is -2.26. The van der Waals surface area contributed by atoms with Crippen molar-refractivity contribution in [2.45, 2.75) is 13.3 Å². The SMILES string of the molecule is Cc1oc(-c2cccnc2)nc1CC(=O)NCCN1CCOCC1. The van der Waals surface area contributed by atoms with Gasteiger partial charge in [-0.2, -0.15) is 0 Å². The van der Waals surface area contributed by atoms with E-state index in [1.165, 1.54) is 0 Å². The molecule has 3 heterocycles. The number of aryl methyl sites for hydroxylation is 1. The Kier molecular flexibility index (Phi) is 5.55. The van der Waals surface area contributed by atoms with E-state index < -0.39 is 0 Å². The Morgan fingerprint density at radius 3 is 2.96 bits per heavy atom. The molecular formula is C17H22N4O3. The second-order valence-electron chi connectivity index (χ2n) is 5.74. The Hall–Kier alpha value is -2.25. The second kappa shape index (κ2) is 8.03. The number of pyridine rings is 1. The van der Waals surface area contributed by atoms with Gasteiger partial charge in [-0.3, -0.25) is 14.7 Å². The lowest BCUT2D eigenvalue weighted by atomic mass is 10.2. The summed E-state index contributed by atoms with van der Waals surface area (Å²) in [5, 5.41) is 2.94. The van der Waals surface area contributed by atoms with E-state index in [4.69, 9.17) is 9.15 Å². The molecule has 0 aromatic carbocycles. The molecule has 2 aromatic heterocycles. The fraction of sp³-hybridized carbons (Fsp3) is 0.471. The first-order chi connectivity index (χ1) is 11.7. The van der Waals surface area contributed by atoms with Crippen LogP contribution in [-0.2, 0) is 16.0 Å². The Morgan fingerprint density at radius 2 is 2.21 bits per heavy atom. The number of aromatic nitrogens is 2. The summed E-state index contributed by atoms with van der Waals surface area (Å²) in [4.78, 5) is 22.9. The number of oxazole rings is 1. The van der Waals surface area contributed by atoms with Crippen LogP contribution < -0.4 is 5.32 Å². The number of carbonyl (C=O) groups excluding carboxylic acids is 1. The first-order valence-corrected chi connectivity index (χ1v) is 8.16. The van der Waals surface area contributed by atoms with Gasteiger partial charge in [0.15, 0.2) is 0 Å². The molecule has 0 atom stereocenters. The minimum Gasteiger partial charge on any atom is -0.441 e. The first kappa shape index (κ1) is 16.6. The molecule has 0 radical (unpaired) electrons. The maximum Gasteiger partial charge on any atom is 0.228 e. The number of hydrogen-bond donors (Lipinski definition) is 1. The zero-order valence-corrected chi connectivity index (χ0v) is 13.8. The molecule has 0 bridgehead atoms. The third-order valence-corrected chi connectivity index (χ3v) is 3.98. The summed E-state index contributed by atoms with van der Waals surface area (Å²) in [5.41, 5.74) is 1.47. The number of ether oxygens (including phenoxy) is 1. The monoisotopic (exact) mass is 330 g/mol. The third kappa shape index (κ3) is 4.39. The van der Waals surface area contributed by atoms with Gasteiger partial charge in [-0.05, 0) is 19.1 Å². The maximum absolute atomic E-state index is 12.1. The molecule has 1 N–H and O–H groups in total. The first-order valence-electron chi connectivity index (χ1n) is 8.16. The van der Waals surface area contributed by atoms with Gasteiger partial charge in [-0.25, -0.2) is 4.98 Å².